The molecule has 102 valence electrons. The molecular weight excluding hydrogens is 281 g/mol. The van der Waals surface area contributed by atoms with Crippen molar-refractivity contribution in [2.45, 2.75) is 16.0 Å². The van der Waals surface area contributed by atoms with Crippen LogP contribution in [-0.4, -0.2) is 16.2 Å². The normalized spacial score (nSPS) is 16.6. The number of hydrogen-bond acceptors (Lipinski definition) is 4. The molecule has 1 heterocycles. The van der Waals surface area contributed by atoms with Gasteiger partial charge in [-0.15, -0.1) is 0 Å². The van der Waals surface area contributed by atoms with Crippen LogP contribution < -0.4 is 5.32 Å². The van der Waals surface area contributed by atoms with Crippen LogP contribution in [0.2, 0.25) is 0 Å². The van der Waals surface area contributed by atoms with Crippen molar-refractivity contribution in [2.75, 3.05) is 5.32 Å². The van der Waals surface area contributed by atoms with E-state index in [1.807, 2.05) is 0 Å². The zero-order valence-corrected chi connectivity index (χ0v) is 10.9. The van der Waals surface area contributed by atoms with Crippen LogP contribution in [0.5, 0.6) is 0 Å². The number of hydrogen-bond donors (Lipinski definition) is 3. The van der Waals surface area contributed by atoms with Crippen molar-refractivity contribution < 1.29 is 19.4 Å². The van der Waals surface area contributed by atoms with Crippen molar-refractivity contribution in [1.29, 1.82) is 0 Å². The summed E-state index contributed by atoms with van der Waals surface area (Å²) in [4.78, 5) is 12.0. The van der Waals surface area contributed by atoms with Crippen molar-refractivity contribution >= 4 is 23.4 Å². The molecule has 0 saturated carbocycles. The molecular formula is C14H10FNO3S. The lowest BCUT2D eigenvalue weighted by Crippen LogP contribution is -2.10. The second-order valence-electron chi connectivity index (χ2n) is 4.32. The van der Waals surface area contributed by atoms with Gasteiger partial charge in [0, 0.05) is 10.5 Å². The molecule has 0 aliphatic carbocycles. The summed E-state index contributed by atoms with van der Waals surface area (Å²) in [6, 6.07) is 8.97. The number of carboxylic acids is 1. The quantitative estimate of drug-likeness (QED) is 0.753. The van der Waals surface area contributed by atoms with E-state index in [2.05, 4.69) is 5.32 Å². The molecule has 0 fully saturated rings. The molecule has 20 heavy (non-hydrogen) atoms. The number of anilines is 1. The Morgan fingerprint density at radius 1 is 1.30 bits per heavy atom. The number of rotatable bonds is 1. The molecule has 0 radical (unpaired) electrons. The zero-order valence-electron chi connectivity index (χ0n) is 10.1. The molecule has 3 rings (SSSR count). The minimum Gasteiger partial charge on any atom is -0.478 e. The summed E-state index contributed by atoms with van der Waals surface area (Å²) in [5.74, 6) is -1.47. The molecule has 4 nitrogen and oxygen atoms in total. The second kappa shape index (κ2) is 4.81. The number of benzene rings is 2. The molecule has 3 N–H and O–H groups in total. The summed E-state index contributed by atoms with van der Waals surface area (Å²) in [7, 11) is 0. The van der Waals surface area contributed by atoms with Crippen molar-refractivity contribution in [3.63, 3.8) is 0 Å². The van der Waals surface area contributed by atoms with Crippen LogP contribution in [0.25, 0.3) is 0 Å². The Morgan fingerprint density at radius 3 is 2.85 bits per heavy atom. The Balaban J connectivity index is 2.13. The highest BCUT2D eigenvalue weighted by Gasteiger charge is 2.23. The first kappa shape index (κ1) is 13.0. The molecule has 2 aromatic rings. The van der Waals surface area contributed by atoms with Gasteiger partial charge in [0.25, 0.3) is 0 Å². The second-order valence-corrected chi connectivity index (χ2v) is 5.38. The first-order chi connectivity index (χ1) is 9.56. The zero-order chi connectivity index (χ0) is 14.3. The third-order valence-corrected chi connectivity index (χ3v) is 4.23. The molecule has 1 aliphatic heterocycles. The standard InChI is InChI=1S/C14H10FNO3S/c15-9-3-1-2-8-12(9)20-11-5-4-7(14(18)19)6-10(11)16-13(8)17/h1-6,13,16-17H,(H,18,19). The topological polar surface area (TPSA) is 69.6 Å². The van der Waals surface area contributed by atoms with Crippen molar-refractivity contribution in [3.05, 3.63) is 53.3 Å². The summed E-state index contributed by atoms with van der Waals surface area (Å²) >= 11 is 1.16. The van der Waals surface area contributed by atoms with Crippen LogP contribution >= 0.6 is 11.8 Å². The van der Waals surface area contributed by atoms with Gasteiger partial charge in [-0.3, -0.25) is 0 Å². The summed E-state index contributed by atoms with van der Waals surface area (Å²) in [5, 5.41) is 21.9. The molecule has 1 atom stereocenters. The average Bonchev–Trinajstić information content (AvgIpc) is 2.55. The van der Waals surface area contributed by atoms with Gasteiger partial charge in [0.15, 0.2) is 6.23 Å². The number of aliphatic hydroxyl groups excluding tert-OH is 1. The van der Waals surface area contributed by atoms with Crippen LogP contribution in [0.1, 0.15) is 22.1 Å². The number of carboxylic acid groups (broad SMARTS) is 1. The lowest BCUT2D eigenvalue weighted by atomic mass is 10.1. The molecule has 0 amide bonds. The maximum Gasteiger partial charge on any atom is 0.335 e. The highest BCUT2D eigenvalue weighted by Crippen LogP contribution is 2.43. The number of aromatic carboxylic acids is 1. The van der Waals surface area contributed by atoms with E-state index in [1.54, 1.807) is 12.1 Å². The van der Waals surface area contributed by atoms with Gasteiger partial charge in [-0.05, 0) is 24.3 Å². The van der Waals surface area contributed by atoms with E-state index in [0.717, 1.165) is 11.8 Å². The van der Waals surface area contributed by atoms with E-state index >= 15 is 0 Å². The average molecular weight is 291 g/mol. The predicted molar refractivity (Wildman–Crippen MR) is 72.5 cm³/mol. The van der Waals surface area contributed by atoms with E-state index in [0.29, 0.717) is 21.0 Å². The van der Waals surface area contributed by atoms with E-state index in [1.165, 1.54) is 24.3 Å². The lowest BCUT2D eigenvalue weighted by molar-refractivity contribution is 0.0696. The molecule has 6 heteroatoms. The molecule has 0 saturated heterocycles. The maximum atomic E-state index is 13.9. The summed E-state index contributed by atoms with van der Waals surface area (Å²) in [6.45, 7) is 0. The molecule has 0 aromatic heterocycles. The molecule has 1 aliphatic rings. The number of fused-ring (bicyclic) bond motifs is 2. The minimum absolute atomic E-state index is 0.107. The number of carbonyl (C=O) groups is 1. The lowest BCUT2D eigenvalue weighted by Gasteiger charge is -2.14. The van der Waals surface area contributed by atoms with Gasteiger partial charge < -0.3 is 15.5 Å². The third kappa shape index (κ3) is 2.13. The molecule has 0 spiro atoms. The van der Waals surface area contributed by atoms with Gasteiger partial charge in [0.2, 0.25) is 0 Å². The fourth-order valence-electron chi connectivity index (χ4n) is 2.05. The van der Waals surface area contributed by atoms with E-state index < -0.39 is 18.0 Å². The number of nitrogens with one attached hydrogen (secondary N) is 1. The Morgan fingerprint density at radius 2 is 2.10 bits per heavy atom. The van der Waals surface area contributed by atoms with Crippen molar-refractivity contribution in [3.8, 4) is 0 Å². The Bertz CT molecular complexity index is 705. The first-order valence-electron chi connectivity index (χ1n) is 5.84. The fourth-order valence-corrected chi connectivity index (χ4v) is 3.10. The Labute approximate surface area is 118 Å². The van der Waals surface area contributed by atoms with Crippen LogP contribution in [0, 0.1) is 5.82 Å². The molecule has 0 bridgehead atoms. The smallest absolute Gasteiger partial charge is 0.335 e. The minimum atomic E-state index is -1.08. The van der Waals surface area contributed by atoms with Crippen LogP contribution in [0.3, 0.4) is 0 Å². The van der Waals surface area contributed by atoms with Crippen LogP contribution in [0.4, 0.5) is 10.1 Å². The maximum absolute atomic E-state index is 13.9. The fraction of sp³-hybridized carbons (Fsp3) is 0.0714. The largest absolute Gasteiger partial charge is 0.478 e. The van der Waals surface area contributed by atoms with Gasteiger partial charge in [-0.25, -0.2) is 9.18 Å². The summed E-state index contributed by atoms with van der Waals surface area (Å²) < 4.78 is 13.9. The third-order valence-electron chi connectivity index (χ3n) is 3.02. The number of halogens is 1. The molecule has 2 aromatic carbocycles. The van der Waals surface area contributed by atoms with Gasteiger partial charge in [-0.2, -0.15) is 0 Å². The predicted octanol–water partition coefficient (Wildman–Crippen LogP) is 3.09. The van der Waals surface area contributed by atoms with Gasteiger partial charge in [0.1, 0.15) is 5.82 Å². The van der Waals surface area contributed by atoms with E-state index in [4.69, 9.17) is 5.11 Å². The van der Waals surface area contributed by atoms with Crippen LogP contribution in [0.15, 0.2) is 46.2 Å². The highest BCUT2D eigenvalue weighted by molar-refractivity contribution is 7.99. The van der Waals surface area contributed by atoms with E-state index in [9.17, 15) is 14.3 Å². The van der Waals surface area contributed by atoms with Gasteiger partial charge in [0.05, 0.1) is 16.1 Å². The van der Waals surface area contributed by atoms with Crippen molar-refractivity contribution in [2.24, 2.45) is 0 Å². The van der Waals surface area contributed by atoms with E-state index in [-0.39, 0.29) is 5.56 Å². The molecule has 1 unspecified atom stereocenters. The van der Waals surface area contributed by atoms with Gasteiger partial charge >= 0.3 is 5.97 Å². The first-order valence-corrected chi connectivity index (χ1v) is 6.66. The van der Waals surface area contributed by atoms with Crippen LogP contribution in [-0.2, 0) is 0 Å². The SMILES string of the molecule is O=C(O)c1ccc2c(c1)NC(O)c1cccc(F)c1S2. The summed E-state index contributed by atoms with van der Waals surface area (Å²) in [6.07, 6.45) is -1.08. The Kier molecular flexibility index (Phi) is 3.11. The van der Waals surface area contributed by atoms with Crippen molar-refractivity contribution in [1.82, 2.24) is 0 Å². The van der Waals surface area contributed by atoms with Gasteiger partial charge in [-0.1, -0.05) is 23.9 Å². The monoisotopic (exact) mass is 291 g/mol. The summed E-state index contributed by atoms with van der Waals surface area (Å²) in [5.41, 5.74) is 1.01. The Hall–Kier alpha value is -2.05. The number of aliphatic hydroxyl groups is 1. The highest BCUT2D eigenvalue weighted by atomic mass is 32.2.